The number of rotatable bonds is 7. The lowest BCUT2D eigenvalue weighted by Crippen LogP contribution is -2.42. The first-order valence-electron chi connectivity index (χ1n) is 5.64. The van der Waals surface area contributed by atoms with Crippen LogP contribution in [0.25, 0.3) is 0 Å². The molecule has 4 nitrogen and oxygen atoms in total. The molecule has 1 heterocycles. The number of nitrogens with zero attached hydrogens (tertiary/aromatic N) is 1. The van der Waals surface area contributed by atoms with E-state index in [1.165, 1.54) is 12.8 Å². The molecular weight excluding hydrogens is 194 g/mol. The number of carbonyl (C=O) groups excluding carboxylic acids is 1. The first-order chi connectivity index (χ1) is 7.38. The Morgan fingerprint density at radius 1 is 1.33 bits per heavy atom. The molecule has 0 aromatic rings. The number of piperidine rings is 1. The minimum Gasteiger partial charge on any atom is -0.382 e. The van der Waals surface area contributed by atoms with Crippen molar-refractivity contribution in [2.45, 2.75) is 25.3 Å². The van der Waals surface area contributed by atoms with Crippen LogP contribution in [0.2, 0.25) is 0 Å². The molecule has 0 aromatic heterocycles. The highest BCUT2D eigenvalue weighted by Crippen LogP contribution is 2.14. The first kappa shape index (κ1) is 12.6. The zero-order chi connectivity index (χ0) is 10.9. The third-order valence-electron chi connectivity index (χ3n) is 2.78. The molecular formula is C11H21NO3. The number of likely N-dealkylation sites (tertiary alicyclic amines) is 1. The maximum absolute atomic E-state index is 10.8. The fourth-order valence-electron chi connectivity index (χ4n) is 1.87. The molecule has 1 atom stereocenters. The molecule has 0 spiro atoms. The normalized spacial score (nSPS) is 22.9. The van der Waals surface area contributed by atoms with Crippen molar-refractivity contribution in [2.75, 3.05) is 40.0 Å². The Morgan fingerprint density at radius 3 is 2.93 bits per heavy atom. The van der Waals surface area contributed by atoms with Crippen LogP contribution in [0.5, 0.6) is 0 Å². The highest BCUT2D eigenvalue weighted by Gasteiger charge is 2.20. The van der Waals surface area contributed by atoms with Crippen molar-refractivity contribution >= 4 is 6.29 Å². The Balaban J connectivity index is 2.09. The second kappa shape index (κ2) is 7.79. The standard InChI is InChI=1S/C11H21NO3/c1-14-8-9-15-7-6-12-5-3-2-4-11(12)10-13/h10-11H,2-9H2,1H3. The molecule has 0 bridgehead atoms. The smallest absolute Gasteiger partial charge is 0.137 e. The average molecular weight is 215 g/mol. The van der Waals surface area contributed by atoms with Gasteiger partial charge in [0.05, 0.1) is 25.9 Å². The number of hydrogen-bond donors (Lipinski definition) is 0. The summed E-state index contributed by atoms with van der Waals surface area (Å²) >= 11 is 0. The van der Waals surface area contributed by atoms with Crippen molar-refractivity contribution in [1.82, 2.24) is 4.90 Å². The molecule has 1 aliphatic heterocycles. The van der Waals surface area contributed by atoms with Gasteiger partial charge in [0, 0.05) is 13.7 Å². The molecule has 0 amide bonds. The summed E-state index contributed by atoms with van der Waals surface area (Å²) in [6, 6.07) is 0.116. The third kappa shape index (κ3) is 4.73. The van der Waals surface area contributed by atoms with Crippen LogP contribution in [0.15, 0.2) is 0 Å². The van der Waals surface area contributed by atoms with E-state index in [1.807, 2.05) is 0 Å². The quantitative estimate of drug-likeness (QED) is 0.463. The van der Waals surface area contributed by atoms with Gasteiger partial charge in [0.25, 0.3) is 0 Å². The lowest BCUT2D eigenvalue weighted by atomic mass is 10.0. The Morgan fingerprint density at radius 2 is 2.20 bits per heavy atom. The number of methoxy groups -OCH3 is 1. The largest absolute Gasteiger partial charge is 0.382 e. The zero-order valence-corrected chi connectivity index (χ0v) is 9.48. The Hall–Kier alpha value is -0.450. The van der Waals surface area contributed by atoms with Crippen LogP contribution in [0.4, 0.5) is 0 Å². The Bertz CT molecular complexity index is 175. The lowest BCUT2D eigenvalue weighted by Gasteiger charge is -2.31. The predicted octanol–water partition coefficient (Wildman–Crippen LogP) is 0.703. The molecule has 1 aliphatic rings. The minimum atomic E-state index is 0.116. The fourth-order valence-corrected chi connectivity index (χ4v) is 1.87. The summed E-state index contributed by atoms with van der Waals surface area (Å²) in [5, 5.41) is 0. The molecule has 15 heavy (non-hydrogen) atoms. The fraction of sp³-hybridized carbons (Fsp3) is 0.909. The van der Waals surface area contributed by atoms with Gasteiger partial charge >= 0.3 is 0 Å². The van der Waals surface area contributed by atoms with Crippen LogP contribution < -0.4 is 0 Å². The Kier molecular flexibility index (Phi) is 6.55. The van der Waals surface area contributed by atoms with E-state index in [2.05, 4.69) is 4.90 Å². The minimum absolute atomic E-state index is 0.116. The number of ether oxygens (including phenoxy) is 2. The third-order valence-corrected chi connectivity index (χ3v) is 2.78. The van der Waals surface area contributed by atoms with E-state index >= 15 is 0 Å². The second-order valence-electron chi connectivity index (χ2n) is 3.84. The molecule has 0 aromatic carbocycles. The summed E-state index contributed by atoms with van der Waals surface area (Å²) < 4.78 is 10.3. The van der Waals surface area contributed by atoms with E-state index in [1.54, 1.807) is 7.11 Å². The van der Waals surface area contributed by atoms with Crippen LogP contribution in [0.3, 0.4) is 0 Å². The molecule has 1 saturated heterocycles. The molecule has 4 heteroatoms. The van der Waals surface area contributed by atoms with Crippen molar-refractivity contribution in [1.29, 1.82) is 0 Å². The van der Waals surface area contributed by atoms with Gasteiger partial charge < -0.3 is 14.3 Å². The van der Waals surface area contributed by atoms with Crippen LogP contribution in [0.1, 0.15) is 19.3 Å². The van der Waals surface area contributed by atoms with Crippen LogP contribution in [-0.4, -0.2) is 57.2 Å². The maximum atomic E-state index is 10.8. The molecule has 1 fully saturated rings. The van der Waals surface area contributed by atoms with Gasteiger partial charge in [-0.2, -0.15) is 0 Å². The van der Waals surface area contributed by atoms with Crippen molar-refractivity contribution in [3.63, 3.8) is 0 Å². The zero-order valence-electron chi connectivity index (χ0n) is 9.48. The van der Waals surface area contributed by atoms with Gasteiger partial charge in [-0.05, 0) is 19.4 Å². The first-order valence-corrected chi connectivity index (χ1v) is 5.64. The Labute approximate surface area is 91.5 Å². The topological polar surface area (TPSA) is 38.8 Å². The van der Waals surface area contributed by atoms with Crippen molar-refractivity contribution < 1.29 is 14.3 Å². The molecule has 0 saturated carbocycles. The van der Waals surface area contributed by atoms with E-state index in [-0.39, 0.29) is 6.04 Å². The second-order valence-corrected chi connectivity index (χ2v) is 3.84. The highest BCUT2D eigenvalue weighted by atomic mass is 16.5. The molecule has 0 N–H and O–H groups in total. The van der Waals surface area contributed by atoms with Crippen molar-refractivity contribution in [3.8, 4) is 0 Å². The predicted molar refractivity (Wildman–Crippen MR) is 58.0 cm³/mol. The number of aldehydes is 1. The molecule has 88 valence electrons. The van der Waals surface area contributed by atoms with Gasteiger partial charge in [0.2, 0.25) is 0 Å². The van der Waals surface area contributed by atoms with E-state index in [9.17, 15) is 4.79 Å². The van der Waals surface area contributed by atoms with Gasteiger partial charge in [0.15, 0.2) is 0 Å². The van der Waals surface area contributed by atoms with Crippen molar-refractivity contribution in [2.24, 2.45) is 0 Å². The van der Waals surface area contributed by atoms with Crippen LogP contribution >= 0.6 is 0 Å². The van der Waals surface area contributed by atoms with E-state index in [0.29, 0.717) is 19.8 Å². The van der Waals surface area contributed by atoms with Crippen LogP contribution in [-0.2, 0) is 14.3 Å². The van der Waals surface area contributed by atoms with E-state index < -0.39 is 0 Å². The lowest BCUT2D eigenvalue weighted by molar-refractivity contribution is -0.113. The maximum Gasteiger partial charge on any atom is 0.137 e. The van der Waals surface area contributed by atoms with Crippen LogP contribution in [0, 0.1) is 0 Å². The summed E-state index contributed by atoms with van der Waals surface area (Å²) in [6.45, 7) is 3.84. The van der Waals surface area contributed by atoms with E-state index in [0.717, 1.165) is 25.8 Å². The van der Waals surface area contributed by atoms with Gasteiger partial charge in [-0.1, -0.05) is 6.42 Å². The highest BCUT2D eigenvalue weighted by molar-refractivity contribution is 5.57. The molecule has 0 radical (unpaired) electrons. The van der Waals surface area contributed by atoms with E-state index in [4.69, 9.17) is 9.47 Å². The monoisotopic (exact) mass is 215 g/mol. The summed E-state index contributed by atoms with van der Waals surface area (Å²) in [6.07, 6.45) is 4.43. The molecule has 0 aliphatic carbocycles. The number of hydrogen-bond acceptors (Lipinski definition) is 4. The van der Waals surface area contributed by atoms with Gasteiger partial charge in [0.1, 0.15) is 6.29 Å². The van der Waals surface area contributed by atoms with Gasteiger partial charge in [-0.3, -0.25) is 4.90 Å². The summed E-state index contributed by atoms with van der Waals surface area (Å²) in [4.78, 5) is 13.0. The van der Waals surface area contributed by atoms with Gasteiger partial charge in [-0.15, -0.1) is 0 Å². The summed E-state index contributed by atoms with van der Waals surface area (Å²) in [5.74, 6) is 0. The summed E-state index contributed by atoms with van der Waals surface area (Å²) in [7, 11) is 1.66. The van der Waals surface area contributed by atoms with Gasteiger partial charge in [-0.25, -0.2) is 0 Å². The SMILES string of the molecule is COCCOCCN1CCCCC1C=O. The summed E-state index contributed by atoms with van der Waals surface area (Å²) in [5.41, 5.74) is 0. The molecule has 1 unspecified atom stereocenters. The van der Waals surface area contributed by atoms with Crippen molar-refractivity contribution in [3.05, 3.63) is 0 Å². The molecule has 1 rings (SSSR count). The average Bonchev–Trinajstić information content (AvgIpc) is 2.29. The number of carbonyl (C=O) groups is 1.